The molecule has 1 aliphatic rings. The summed E-state index contributed by atoms with van der Waals surface area (Å²) in [5, 5.41) is 23.6. The minimum Gasteiger partial charge on any atom is -0.378 e. The normalized spacial score (nSPS) is 15.8. The molecule has 0 aliphatic carbocycles. The van der Waals surface area contributed by atoms with E-state index >= 15 is 0 Å². The van der Waals surface area contributed by atoms with E-state index in [2.05, 4.69) is 33.6 Å². The topological polar surface area (TPSA) is 114 Å². The third-order valence-electron chi connectivity index (χ3n) is 6.31. The van der Waals surface area contributed by atoms with Crippen molar-refractivity contribution in [2.24, 2.45) is 0 Å². The van der Waals surface area contributed by atoms with Crippen molar-refractivity contribution in [2.45, 2.75) is 25.8 Å². The number of carbonyl (C=O) groups excluding carboxylic acids is 1. The second kappa shape index (κ2) is 11.1. The number of carbonyl (C=O) groups is 1. The van der Waals surface area contributed by atoms with Crippen molar-refractivity contribution in [3.63, 3.8) is 0 Å². The number of hydrogen-bond donors (Lipinski definition) is 3. The number of rotatable bonds is 7. The van der Waals surface area contributed by atoms with Crippen molar-refractivity contribution in [1.29, 1.82) is 10.7 Å². The van der Waals surface area contributed by atoms with Crippen LogP contribution in [-0.4, -0.2) is 48.8 Å². The number of nitriles is 1. The van der Waals surface area contributed by atoms with E-state index in [4.69, 9.17) is 10.1 Å². The van der Waals surface area contributed by atoms with Gasteiger partial charge in [-0.05, 0) is 61.0 Å². The van der Waals surface area contributed by atoms with Crippen molar-refractivity contribution in [1.82, 2.24) is 9.88 Å². The van der Waals surface area contributed by atoms with Crippen molar-refractivity contribution in [3.8, 4) is 6.07 Å². The van der Waals surface area contributed by atoms with Gasteiger partial charge in [0.1, 0.15) is 0 Å². The second-order valence-electron chi connectivity index (χ2n) is 9.10. The molecule has 184 valence electrons. The summed E-state index contributed by atoms with van der Waals surface area (Å²) < 4.78 is 5.64. The molecule has 1 amide bonds. The van der Waals surface area contributed by atoms with Crippen molar-refractivity contribution >= 4 is 29.2 Å². The number of hydrogen-bond acceptors (Lipinski definition) is 7. The van der Waals surface area contributed by atoms with Crippen LogP contribution >= 0.6 is 0 Å². The van der Waals surface area contributed by atoms with E-state index in [0.29, 0.717) is 41.3 Å². The van der Waals surface area contributed by atoms with Crippen molar-refractivity contribution in [3.05, 3.63) is 82.7 Å². The minimum atomic E-state index is -0.282. The van der Waals surface area contributed by atoms with Gasteiger partial charge in [-0.3, -0.25) is 14.7 Å². The Bertz CT molecular complexity index is 1310. The highest BCUT2D eigenvalue weighted by atomic mass is 16.5. The van der Waals surface area contributed by atoms with Gasteiger partial charge in [0.25, 0.3) is 5.91 Å². The zero-order valence-corrected chi connectivity index (χ0v) is 20.7. The second-order valence-corrected chi connectivity index (χ2v) is 9.10. The number of nitrogens with one attached hydrogen (secondary N) is 3. The van der Waals surface area contributed by atoms with Crippen LogP contribution in [0.5, 0.6) is 0 Å². The molecule has 2 heterocycles. The first-order valence-corrected chi connectivity index (χ1v) is 11.9. The minimum absolute atomic E-state index is 0.0219. The number of pyridine rings is 1. The smallest absolute Gasteiger partial charge is 0.255 e. The Kier molecular flexibility index (Phi) is 7.74. The average molecular weight is 483 g/mol. The fourth-order valence-electron chi connectivity index (χ4n) is 4.41. The molecule has 0 bridgehead atoms. The highest BCUT2D eigenvalue weighted by Gasteiger charge is 2.23. The van der Waals surface area contributed by atoms with E-state index in [0.717, 1.165) is 23.5 Å². The summed E-state index contributed by atoms with van der Waals surface area (Å²) in [6.45, 7) is 6.08. The maximum absolute atomic E-state index is 13.2. The summed E-state index contributed by atoms with van der Waals surface area (Å²) in [7, 11) is 2.06. The summed E-state index contributed by atoms with van der Waals surface area (Å²) in [4.78, 5) is 19.9. The number of nitrogens with zero attached hydrogens (tertiary/aromatic N) is 3. The molecule has 2 aromatic carbocycles. The van der Waals surface area contributed by atoms with Gasteiger partial charge in [0, 0.05) is 47.1 Å². The number of morpholine rings is 1. The first-order valence-electron chi connectivity index (χ1n) is 11.9. The lowest BCUT2D eigenvalue weighted by atomic mass is 9.92. The van der Waals surface area contributed by atoms with E-state index in [-0.39, 0.29) is 17.9 Å². The number of aromatic nitrogens is 1. The molecule has 8 heteroatoms. The third kappa shape index (κ3) is 5.43. The molecule has 0 saturated carbocycles. The number of anilines is 3. The van der Waals surface area contributed by atoms with E-state index in [1.807, 2.05) is 26.0 Å². The lowest BCUT2D eigenvalue weighted by molar-refractivity contribution is 0.00354. The highest BCUT2D eigenvalue weighted by molar-refractivity contribution is 6.06. The number of benzene rings is 2. The van der Waals surface area contributed by atoms with E-state index in [1.165, 1.54) is 6.21 Å². The van der Waals surface area contributed by atoms with Gasteiger partial charge in [-0.15, -0.1) is 0 Å². The predicted molar refractivity (Wildman–Crippen MR) is 141 cm³/mol. The Morgan fingerprint density at radius 2 is 2.08 bits per heavy atom. The molecule has 1 atom stereocenters. The first-order chi connectivity index (χ1) is 17.4. The molecule has 36 heavy (non-hydrogen) atoms. The van der Waals surface area contributed by atoms with Crippen LogP contribution in [0.3, 0.4) is 0 Å². The number of likely N-dealkylation sites (N-methyl/N-ethyl adjacent to an activating group) is 1. The molecule has 0 spiro atoms. The molecule has 0 radical (unpaired) electrons. The van der Waals surface area contributed by atoms with Crippen LogP contribution in [0.1, 0.15) is 58.5 Å². The summed E-state index contributed by atoms with van der Waals surface area (Å²) in [5.41, 5.74) is 5.39. The number of amides is 1. The standard InChI is InChI=1S/C28H30N6O2/c1-18(2)27-20(16-30)5-4-6-23(27)28(35)33-21-8-7-19(15-29)24(13-21)32-22-9-10-31-25(14-22)26-17-36-12-11-34(26)3/h4-10,13-15,18,26,29H,11-12,17H2,1-3H3,(H,31,32)(H,33,35)/t26-/m0/s1. The van der Waals surface area contributed by atoms with Crippen LogP contribution in [-0.2, 0) is 4.74 Å². The van der Waals surface area contributed by atoms with Gasteiger partial charge in [0.05, 0.1) is 36.6 Å². The van der Waals surface area contributed by atoms with E-state index in [1.54, 1.807) is 42.6 Å². The van der Waals surface area contributed by atoms with Gasteiger partial charge in [0.15, 0.2) is 0 Å². The van der Waals surface area contributed by atoms with Gasteiger partial charge in [-0.2, -0.15) is 5.26 Å². The predicted octanol–water partition coefficient (Wildman–Crippen LogP) is 5.07. The zero-order chi connectivity index (χ0) is 25.7. The first kappa shape index (κ1) is 25.0. The van der Waals surface area contributed by atoms with Gasteiger partial charge >= 0.3 is 0 Å². The third-order valence-corrected chi connectivity index (χ3v) is 6.31. The molecule has 3 aromatic rings. The Hall–Kier alpha value is -4.06. The molecule has 1 fully saturated rings. The van der Waals surface area contributed by atoms with Crippen LogP contribution in [0.25, 0.3) is 0 Å². The quantitative estimate of drug-likeness (QED) is 0.405. The average Bonchev–Trinajstić information content (AvgIpc) is 2.88. The van der Waals surface area contributed by atoms with Crippen LogP contribution in [0, 0.1) is 16.7 Å². The molecule has 3 N–H and O–H groups in total. The van der Waals surface area contributed by atoms with Crippen LogP contribution in [0.15, 0.2) is 54.7 Å². The van der Waals surface area contributed by atoms with E-state index in [9.17, 15) is 10.1 Å². The lowest BCUT2D eigenvalue weighted by Gasteiger charge is -2.32. The van der Waals surface area contributed by atoms with Crippen LogP contribution in [0.4, 0.5) is 17.1 Å². The molecule has 1 saturated heterocycles. The van der Waals surface area contributed by atoms with E-state index < -0.39 is 0 Å². The maximum atomic E-state index is 13.2. The van der Waals surface area contributed by atoms with Crippen molar-refractivity contribution < 1.29 is 9.53 Å². The van der Waals surface area contributed by atoms with Crippen LogP contribution < -0.4 is 10.6 Å². The monoisotopic (exact) mass is 482 g/mol. The number of ether oxygens (including phenoxy) is 1. The summed E-state index contributed by atoms with van der Waals surface area (Å²) in [6, 6.07) is 16.7. The Morgan fingerprint density at radius 1 is 1.25 bits per heavy atom. The van der Waals surface area contributed by atoms with Crippen molar-refractivity contribution in [2.75, 3.05) is 37.4 Å². The maximum Gasteiger partial charge on any atom is 0.255 e. The summed E-state index contributed by atoms with van der Waals surface area (Å²) in [6.07, 6.45) is 3.03. The Morgan fingerprint density at radius 3 is 2.81 bits per heavy atom. The Labute approximate surface area is 211 Å². The lowest BCUT2D eigenvalue weighted by Crippen LogP contribution is -2.36. The molecule has 1 aromatic heterocycles. The van der Waals surface area contributed by atoms with Crippen LogP contribution in [0.2, 0.25) is 0 Å². The van der Waals surface area contributed by atoms with Gasteiger partial charge in [-0.25, -0.2) is 0 Å². The van der Waals surface area contributed by atoms with Gasteiger partial charge < -0.3 is 20.8 Å². The largest absolute Gasteiger partial charge is 0.378 e. The SMILES string of the molecule is CC(C)c1c(C#N)cccc1C(=O)Nc1ccc(C=N)c(Nc2ccnc([C@@H]3COCCN3C)c2)c1. The molecular formula is C28H30N6O2. The molecule has 4 rings (SSSR count). The summed E-state index contributed by atoms with van der Waals surface area (Å²) in [5.74, 6) is -0.260. The fourth-order valence-corrected chi connectivity index (χ4v) is 4.41. The highest BCUT2D eigenvalue weighted by Crippen LogP contribution is 2.29. The molecule has 0 unspecified atom stereocenters. The molecule has 1 aliphatic heterocycles. The van der Waals surface area contributed by atoms with Gasteiger partial charge in [0.2, 0.25) is 0 Å². The van der Waals surface area contributed by atoms with Gasteiger partial charge in [-0.1, -0.05) is 19.9 Å². The Balaban J connectivity index is 1.59. The molecular weight excluding hydrogens is 452 g/mol. The summed E-state index contributed by atoms with van der Waals surface area (Å²) >= 11 is 0. The fraction of sp³-hybridized carbons (Fsp3) is 0.286. The zero-order valence-electron chi connectivity index (χ0n) is 20.7. The molecule has 8 nitrogen and oxygen atoms in total.